The molecule has 0 spiro atoms. The fraction of sp³-hybridized carbons (Fsp3) is 0.647. The first kappa shape index (κ1) is 15.1. The number of furan rings is 1. The molecule has 3 rings (SSSR count). The Morgan fingerprint density at radius 3 is 2.45 bits per heavy atom. The first-order valence-corrected chi connectivity index (χ1v) is 8.27. The van der Waals surface area contributed by atoms with Crippen molar-refractivity contribution in [2.75, 3.05) is 13.1 Å². The van der Waals surface area contributed by atoms with Crippen LogP contribution in [0, 0.1) is 5.92 Å². The zero-order valence-corrected chi connectivity index (χ0v) is 12.8. The Hall–Kier alpha value is -1.78. The van der Waals surface area contributed by atoms with Gasteiger partial charge in [0.2, 0.25) is 0 Å². The molecule has 0 bridgehead atoms. The summed E-state index contributed by atoms with van der Waals surface area (Å²) in [6, 6.07) is 3.38. The van der Waals surface area contributed by atoms with Gasteiger partial charge in [-0.25, -0.2) is 0 Å². The maximum Gasteiger partial charge on any atom is 0.309 e. The Balaban J connectivity index is 1.46. The molecule has 1 aromatic heterocycles. The van der Waals surface area contributed by atoms with E-state index in [9.17, 15) is 9.59 Å². The lowest BCUT2D eigenvalue weighted by Crippen LogP contribution is -2.41. The molecule has 22 heavy (non-hydrogen) atoms. The molecule has 1 saturated heterocycles. The smallest absolute Gasteiger partial charge is 0.309 e. The molecule has 120 valence electrons. The highest BCUT2D eigenvalue weighted by Gasteiger charge is 2.31. The molecule has 1 aliphatic heterocycles. The molecule has 1 aliphatic carbocycles. The molecule has 1 saturated carbocycles. The summed E-state index contributed by atoms with van der Waals surface area (Å²) in [7, 11) is 0. The van der Waals surface area contributed by atoms with E-state index in [0.29, 0.717) is 31.7 Å². The van der Waals surface area contributed by atoms with Gasteiger partial charge in [0, 0.05) is 13.1 Å². The number of likely N-dealkylation sites (tertiary alicyclic amines) is 1. The predicted molar refractivity (Wildman–Crippen MR) is 80.3 cm³/mol. The van der Waals surface area contributed by atoms with Gasteiger partial charge in [0.1, 0.15) is 6.10 Å². The van der Waals surface area contributed by atoms with E-state index in [1.54, 1.807) is 17.0 Å². The van der Waals surface area contributed by atoms with Gasteiger partial charge in [-0.2, -0.15) is 0 Å². The fourth-order valence-electron chi connectivity index (χ4n) is 3.32. The number of nitrogens with zero attached hydrogens (tertiary/aromatic N) is 1. The third kappa shape index (κ3) is 3.51. The number of carbonyl (C=O) groups excluding carboxylic acids is 2. The third-order valence-corrected chi connectivity index (χ3v) is 4.68. The number of carbonyl (C=O) groups is 2. The molecule has 2 aliphatic rings. The lowest BCUT2D eigenvalue weighted by Gasteiger charge is -2.31. The third-order valence-electron chi connectivity index (χ3n) is 4.68. The van der Waals surface area contributed by atoms with Gasteiger partial charge in [0.25, 0.3) is 5.91 Å². The van der Waals surface area contributed by atoms with Crippen molar-refractivity contribution in [3.63, 3.8) is 0 Å². The molecule has 0 radical (unpaired) electrons. The van der Waals surface area contributed by atoms with Crippen LogP contribution in [0.1, 0.15) is 55.5 Å². The minimum absolute atomic E-state index is 0.0671. The topological polar surface area (TPSA) is 59.8 Å². The normalized spacial score (nSPS) is 20.8. The number of amides is 1. The maximum atomic E-state index is 12.2. The van der Waals surface area contributed by atoms with Gasteiger partial charge in [-0.05, 0) is 50.7 Å². The van der Waals surface area contributed by atoms with Crippen LogP contribution < -0.4 is 0 Å². The SMILES string of the molecule is O=C(OC1CCCCC1)C1CCN(C(=O)c2ccco2)CC1. The van der Waals surface area contributed by atoms with Gasteiger partial charge in [-0.15, -0.1) is 0 Å². The average Bonchev–Trinajstić information content (AvgIpc) is 3.10. The van der Waals surface area contributed by atoms with Crippen LogP contribution in [-0.2, 0) is 9.53 Å². The molecule has 1 aromatic rings. The van der Waals surface area contributed by atoms with Crippen LogP contribution in [0.15, 0.2) is 22.8 Å². The van der Waals surface area contributed by atoms with Crippen molar-refractivity contribution >= 4 is 11.9 Å². The lowest BCUT2D eigenvalue weighted by atomic mass is 9.95. The molecule has 0 unspecified atom stereocenters. The molecule has 5 nitrogen and oxygen atoms in total. The van der Waals surface area contributed by atoms with Crippen molar-refractivity contribution < 1.29 is 18.7 Å². The van der Waals surface area contributed by atoms with E-state index in [2.05, 4.69) is 0 Å². The zero-order valence-electron chi connectivity index (χ0n) is 12.8. The van der Waals surface area contributed by atoms with Gasteiger partial charge in [0.15, 0.2) is 5.76 Å². The number of hydrogen-bond donors (Lipinski definition) is 0. The average molecular weight is 305 g/mol. The first-order valence-electron chi connectivity index (χ1n) is 8.27. The van der Waals surface area contributed by atoms with Crippen LogP contribution in [0.25, 0.3) is 0 Å². The Labute approximate surface area is 130 Å². The van der Waals surface area contributed by atoms with Crippen LogP contribution >= 0.6 is 0 Å². The molecular weight excluding hydrogens is 282 g/mol. The summed E-state index contributed by atoms with van der Waals surface area (Å²) in [5, 5.41) is 0. The van der Waals surface area contributed by atoms with Gasteiger partial charge < -0.3 is 14.1 Å². The monoisotopic (exact) mass is 305 g/mol. The molecule has 0 aromatic carbocycles. The summed E-state index contributed by atoms with van der Waals surface area (Å²) in [4.78, 5) is 26.2. The molecule has 0 N–H and O–H groups in total. The van der Waals surface area contributed by atoms with Crippen molar-refractivity contribution in [2.45, 2.75) is 51.0 Å². The summed E-state index contributed by atoms with van der Waals surface area (Å²) in [6.45, 7) is 1.17. The summed E-state index contributed by atoms with van der Waals surface area (Å²) < 4.78 is 10.8. The highest BCUT2D eigenvalue weighted by molar-refractivity contribution is 5.91. The summed E-state index contributed by atoms with van der Waals surface area (Å²) in [6.07, 6.45) is 8.55. The van der Waals surface area contributed by atoms with E-state index < -0.39 is 0 Å². The van der Waals surface area contributed by atoms with E-state index in [1.807, 2.05) is 0 Å². The maximum absolute atomic E-state index is 12.2. The molecule has 0 atom stereocenters. The second-order valence-corrected chi connectivity index (χ2v) is 6.24. The van der Waals surface area contributed by atoms with E-state index in [1.165, 1.54) is 12.7 Å². The second-order valence-electron chi connectivity index (χ2n) is 6.24. The van der Waals surface area contributed by atoms with Gasteiger partial charge in [-0.1, -0.05) is 6.42 Å². The summed E-state index contributed by atoms with van der Waals surface area (Å²) in [5.41, 5.74) is 0. The number of esters is 1. The highest BCUT2D eigenvalue weighted by atomic mass is 16.5. The van der Waals surface area contributed by atoms with E-state index in [0.717, 1.165) is 25.7 Å². The summed E-state index contributed by atoms with van der Waals surface area (Å²) in [5.74, 6) is 0.131. The minimum Gasteiger partial charge on any atom is -0.462 e. The van der Waals surface area contributed by atoms with Crippen molar-refractivity contribution in [3.8, 4) is 0 Å². The molecular formula is C17H23NO4. The quantitative estimate of drug-likeness (QED) is 0.805. The Kier molecular flexibility index (Phi) is 4.80. The van der Waals surface area contributed by atoms with E-state index in [-0.39, 0.29) is 23.9 Å². The first-order chi connectivity index (χ1) is 10.7. The fourth-order valence-corrected chi connectivity index (χ4v) is 3.32. The van der Waals surface area contributed by atoms with Crippen LogP contribution in [0.4, 0.5) is 0 Å². The van der Waals surface area contributed by atoms with Crippen LogP contribution in [0.2, 0.25) is 0 Å². The highest BCUT2D eigenvalue weighted by Crippen LogP contribution is 2.25. The molecule has 1 amide bonds. The standard InChI is InChI=1S/C17H23NO4/c19-16(15-7-4-12-21-15)18-10-8-13(9-11-18)17(20)22-14-5-2-1-3-6-14/h4,7,12-14H,1-3,5-6,8-11H2. The zero-order chi connectivity index (χ0) is 15.4. The Bertz CT molecular complexity index is 497. The minimum atomic E-state index is -0.0934. The molecule has 2 fully saturated rings. The second kappa shape index (κ2) is 6.99. The van der Waals surface area contributed by atoms with E-state index in [4.69, 9.17) is 9.15 Å². The van der Waals surface area contributed by atoms with Crippen molar-refractivity contribution in [3.05, 3.63) is 24.2 Å². The molecule has 5 heteroatoms. The number of ether oxygens (including phenoxy) is 1. The number of piperidine rings is 1. The predicted octanol–water partition coefficient (Wildman–Crippen LogP) is 3.01. The largest absolute Gasteiger partial charge is 0.462 e. The number of hydrogen-bond acceptors (Lipinski definition) is 4. The number of rotatable bonds is 3. The van der Waals surface area contributed by atoms with Crippen molar-refractivity contribution in [1.29, 1.82) is 0 Å². The van der Waals surface area contributed by atoms with Crippen LogP contribution in [0.5, 0.6) is 0 Å². The Morgan fingerprint density at radius 2 is 1.82 bits per heavy atom. The van der Waals surface area contributed by atoms with Gasteiger partial charge in [-0.3, -0.25) is 9.59 Å². The lowest BCUT2D eigenvalue weighted by molar-refractivity contribution is -0.157. The van der Waals surface area contributed by atoms with E-state index >= 15 is 0 Å². The van der Waals surface area contributed by atoms with Gasteiger partial charge in [0.05, 0.1) is 12.2 Å². The molecule has 2 heterocycles. The van der Waals surface area contributed by atoms with Gasteiger partial charge >= 0.3 is 5.97 Å². The summed E-state index contributed by atoms with van der Waals surface area (Å²) >= 11 is 0. The van der Waals surface area contributed by atoms with Crippen LogP contribution in [-0.4, -0.2) is 36.0 Å². The van der Waals surface area contributed by atoms with Crippen molar-refractivity contribution in [2.24, 2.45) is 5.92 Å². The van der Waals surface area contributed by atoms with Crippen molar-refractivity contribution in [1.82, 2.24) is 4.90 Å². The Morgan fingerprint density at radius 1 is 1.09 bits per heavy atom. The van der Waals surface area contributed by atoms with Crippen LogP contribution in [0.3, 0.4) is 0 Å².